The summed E-state index contributed by atoms with van der Waals surface area (Å²) in [6.07, 6.45) is 10.4. The highest BCUT2D eigenvalue weighted by Gasteiger charge is 2.56. The molecule has 2 saturated heterocycles. The predicted octanol–water partition coefficient (Wildman–Crippen LogP) is 2.55. The van der Waals surface area contributed by atoms with Crippen molar-refractivity contribution < 1.29 is 4.79 Å². The van der Waals surface area contributed by atoms with Gasteiger partial charge in [-0.2, -0.15) is 0 Å². The summed E-state index contributed by atoms with van der Waals surface area (Å²) in [5.74, 6) is 2.42. The fourth-order valence-corrected chi connectivity index (χ4v) is 5.43. The van der Waals surface area contributed by atoms with Crippen LogP contribution in [0, 0.1) is 17.8 Å². The van der Waals surface area contributed by atoms with E-state index in [0.717, 1.165) is 18.4 Å². The molecular weight excluding hydrogens is 248 g/mol. The number of rotatable bonds is 3. The minimum absolute atomic E-state index is 0.407. The SMILES string of the molecule is CCN(C(=O)C1C2CCCCC21)C1CC2CCC(C1)N2. The molecule has 4 fully saturated rings. The highest BCUT2D eigenvalue weighted by Crippen LogP contribution is 2.56. The Hall–Kier alpha value is -0.570. The number of hydrogen-bond acceptors (Lipinski definition) is 2. The molecule has 1 N–H and O–H groups in total. The van der Waals surface area contributed by atoms with E-state index in [4.69, 9.17) is 0 Å². The molecule has 0 aromatic rings. The number of carbonyl (C=O) groups is 1. The van der Waals surface area contributed by atoms with Crippen molar-refractivity contribution in [3.63, 3.8) is 0 Å². The normalized spacial score (nSPS) is 45.9. The molecule has 4 rings (SSSR count). The number of nitrogens with zero attached hydrogens (tertiary/aromatic N) is 1. The third-order valence-electron chi connectivity index (χ3n) is 6.45. The van der Waals surface area contributed by atoms with Crippen molar-refractivity contribution in [2.75, 3.05) is 6.54 Å². The summed E-state index contributed by atoms with van der Waals surface area (Å²) in [6.45, 7) is 3.09. The minimum atomic E-state index is 0.407. The lowest BCUT2D eigenvalue weighted by Crippen LogP contribution is -2.50. The van der Waals surface area contributed by atoms with Gasteiger partial charge in [0.2, 0.25) is 5.91 Å². The average molecular weight is 276 g/mol. The van der Waals surface area contributed by atoms with Gasteiger partial charge in [-0.1, -0.05) is 12.8 Å². The molecule has 2 saturated carbocycles. The molecule has 2 bridgehead atoms. The van der Waals surface area contributed by atoms with Gasteiger partial charge in [-0.3, -0.25) is 4.79 Å². The summed E-state index contributed by atoms with van der Waals surface area (Å²) in [5.41, 5.74) is 0. The number of fused-ring (bicyclic) bond motifs is 3. The van der Waals surface area contributed by atoms with Crippen molar-refractivity contribution in [1.82, 2.24) is 10.2 Å². The molecule has 4 unspecified atom stereocenters. The second-order valence-electron chi connectivity index (χ2n) is 7.53. The zero-order chi connectivity index (χ0) is 13.7. The Morgan fingerprint density at radius 1 is 1.05 bits per heavy atom. The van der Waals surface area contributed by atoms with Crippen molar-refractivity contribution in [2.45, 2.75) is 76.4 Å². The van der Waals surface area contributed by atoms with E-state index in [9.17, 15) is 4.79 Å². The first-order valence-electron chi connectivity index (χ1n) is 8.84. The molecule has 112 valence electrons. The van der Waals surface area contributed by atoms with Gasteiger partial charge < -0.3 is 10.2 Å². The van der Waals surface area contributed by atoms with Crippen LogP contribution in [0.25, 0.3) is 0 Å². The van der Waals surface area contributed by atoms with Gasteiger partial charge in [0.25, 0.3) is 0 Å². The Balaban J connectivity index is 1.44. The largest absolute Gasteiger partial charge is 0.340 e. The molecule has 3 heteroatoms. The first kappa shape index (κ1) is 13.1. The van der Waals surface area contributed by atoms with Gasteiger partial charge in [0.1, 0.15) is 0 Å². The molecule has 0 radical (unpaired) electrons. The van der Waals surface area contributed by atoms with Gasteiger partial charge in [0, 0.05) is 30.6 Å². The van der Waals surface area contributed by atoms with Gasteiger partial charge in [-0.25, -0.2) is 0 Å². The van der Waals surface area contributed by atoms with Crippen molar-refractivity contribution in [2.24, 2.45) is 17.8 Å². The monoisotopic (exact) mass is 276 g/mol. The molecule has 2 aliphatic heterocycles. The van der Waals surface area contributed by atoms with Gasteiger partial charge in [0.15, 0.2) is 0 Å². The van der Waals surface area contributed by atoms with Crippen LogP contribution in [0.4, 0.5) is 0 Å². The summed E-state index contributed by atoms with van der Waals surface area (Å²) in [7, 11) is 0. The van der Waals surface area contributed by atoms with Gasteiger partial charge >= 0.3 is 0 Å². The highest BCUT2D eigenvalue weighted by molar-refractivity contribution is 5.82. The molecule has 4 aliphatic rings. The standard InChI is InChI=1S/C17H28N2O/c1-2-19(13-9-11-7-8-12(10-13)18-11)17(20)16-14-5-3-4-6-15(14)16/h11-16,18H,2-10H2,1H3. The highest BCUT2D eigenvalue weighted by atomic mass is 16.2. The lowest BCUT2D eigenvalue weighted by Gasteiger charge is -2.37. The van der Waals surface area contributed by atoms with E-state index in [2.05, 4.69) is 17.1 Å². The molecule has 4 atom stereocenters. The summed E-state index contributed by atoms with van der Waals surface area (Å²) < 4.78 is 0. The number of carbonyl (C=O) groups excluding carboxylic acids is 1. The van der Waals surface area contributed by atoms with Crippen LogP contribution in [0.2, 0.25) is 0 Å². The van der Waals surface area contributed by atoms with Crippen LogP contribution in [0.15, 0.2) is 0 Å². The third-order valence-corrected chi connectivity index (χ3v) is 6.45. The van der Waals surface area contributed by atoms with E-state index in [0.29, 0.717) is 30.0 Å². The fourth-order valence-electron chi connectivity index (χ4n) is 5.43. The second-order valence-corrected chi connectivity index (χ2v) is 7.53. The minimum Gasteiger partial charge on any atom is -0.340 e. The Morgan fingerprint density at radius 3 is 2.20 bits per heavy atom. The Bertz CT molecular complexity index is 372. The fraction of sp³-hybridized carbons (Fsp3) is 0.941. The van der Waals surface area contributed by atoms with Gasteiger partial charge in [-0.15, -0.1) is 0 Å². The van der Waals surface area contributed by atoms with Crippen molar-refractivity contribution >= 4 is 5.91 Å². The van der Waals surface area contributed by atoms with E-state index in [1.54, 1.807) is 0 Å². The van der Waals surface area contributed by atoms with E-state index in [-0.39, 0.29) is 0 Å². The summed E-state index contributed by atoms with van der Waals surface area (Å²) >= 11 is 0. The lowest BCUT2D eigenvalue weighted by atomic mass is 9.97. The molecule has 2 heterocycles. The van der Waals surface area contributed by atoms with Crippen LogP contribution in [-0.2, 0) is 4.79 Å². The summed E-state index contributed by atoms with van der Waals surface area (Å²) in [5, 5.41) is 3.69. The van der Waals surface area contributed by atoms with Crippen LogP contribution in [-0.4, -0.2) is 35.5 Å². The molecule has 0 spiro atoms. The molecule has 0 aromatic carbocycles. The maximum absolute atomic E-state index is 12.9. The summed E-state index contributed by atoms with van der Waals surface area (Å²) in [6, 6.07) is 1.89. The van der Waals surface area contributed by atoms with Crippen molar-refractivity contribution in [3.8, 4) is 0 Å². The van der Waals surface area contributed by atoms with Crippen LogP contribution in [0.3, 0.4) is 0 Å². The lowest BCUT2D eigenvalue weighted by molar-refractivity contribution is -0.136. The van der Waals surface area contributed by atoms with Gasteiger partial charge in [-0.05, 0) is 57.3 Å². The number of amides is 1. The van der Waals surface area contributed by atoms with Crippen LogP contribution >= 0.6 is 0 Å². The van der Waals surface area contributed by atoms with Crippen LogP contribution in [0.5, 0.6) is 0 Å². The molecule has 20 heavy (non-hydrogen) atoms. The average Bonchev–Trinajstić information content (AvgIpc) is 3.11. The van der Waals surface area contributed by atoms with Crippen molar-refractivity contribution in [3.05, 3.63) is 0 Å². The van der Waals surface area contributed by atoms with E-state index >= 15 is 0 Å². The molecule has 1 amide bonds. The van der Waals surface area contributed by atoms with Crippen molar-refractivity contribution in [1.29, 1.82) is 0 Å². The molecule has 3 nitrogen and oxygen atoms in total. The molecule has 0 aromatic heterocycles. The quantitative estimate of drug-likeness (QED) is 0.859. The van der Waals surface area contributed by atoms with E-state index in [1.807, 2.05) is 0 Å². The Labute approximate surface area is 122 Å². The number of nitrogens with one attached hydrogen (secondary N) is 1. The number of piperidine rings is 1. The Morgan fingerprint density at radius 2 is 1.65 bits per heavy atom. The first-order valence-corrected chi connectivity index (χ1v) is 8.84. The van der Waals surface area contributed by atoms with Gasteiger partial charge in [0.05, 0.1) is 0 Å². The first-order chi connectivity index (χ1) is 9.78. The van der Waals surface area contributed by atoms with Crippen LogP contribution in [0.1, 0.15) is 58.3 Å². The second kappa shape index (κ2) is 5.01. The molecular formula is C17H28N2O. The third kappa shape index (κ3) is 2.09. The topological polar surface area (TPSA) is 32.3 Å². The summed E-state index contributed by atoms with van der Waals surface area (Å²) in [4.78, 5) is 15.2. The van der Waals surface area contributed by atoms with E-state index in [1.165, 1.54) is 51.4 Å². The zero-order valence-electron chi connectivity index (χ0n) is 12.7. The smallest absolute Gasteiger partial charge is 0.226 e. The molecule has 2 aliphatic carbocycles. The zero-order valence-corrected chi connectivity index (χ0v) is 12.7. The maximum Gasteiger partial charge on any atom is 0.226 e. The van der Waals surface area contributed by atoms with E-state index < -0.39 is 0 Å². The Kier molecular flexibility index (Phi) is 3.29. The maximum atomic E-state index is 12.9. The van der Waals surface area contributed by atoms with Crippen LogP contribution < -0.4 is 5.32 Å². The number of hydrogen-bond donors (Lipinski definition) is 1. The predicted molar refractivity (Wildman–Crippen MR) is 79.3 cm³/mol.